The maximum Gasteiger partial charge on any atom is 0.214 e. The number of hydrogen-bond donors (Lipinski definition) is 0. The van der Waals surface area contributed by atoms with Crippen molar-refractivity contribution in [3.63, 3.8) is 0 Å². The Bertz CT molecular complexity index is 79.6. The first-order valence-electron chi connectivity index (χ1n) is 1.36. The molecule has 0 aromatic carbocycles. The number of nitrogens with zero attached hydrogens (tertiary/aromatic N) is 1. The lowest BCUT2D eigenvalue weighted by Gasteiger charge is -1.66. The van der Waals surface area contributed by atoms with Gasteiger partial charge in [0.1, 0.15) is 0 Å². The van der Waals surface area contributed by atoms with E-state index < -0.39 is 0 Å². The minimum absolute atomic E-state index is 0.0116. The van der Waals surface area contributed by atoms with Crippen LogP contribution in [0.3, 0.4) is 0 Å². The first kappa shape index (κ1) is 6.20. The zero-order valence-corrected chi connectivity index (χ0v) is 5.43. The van der Waals surface area contributed by atoms with Gasteiger partial charge in [-0.2, -0.15) is 0 Å². The third-order valence-corrected chi connectivity index (χ3v) is 0.942. The van der Waals surface area contributed by atoms with Crippen LogP contribution in [0.5, 0.6) is 0 Å². The van der Waals surface area contributed by atoms with Crippen LogP contribution in [0.1, 0.15) is 0 Å². The summed E-state index contributed by atoms with van der Waals surface area (Å²) in [5.41, 5.74) is 0. The minimum Gasteiger partial charge on any atom is -0.283 e. The smallest absolute Gasteiger partial charge is 0.214 e. The molecule has 34 valence electrons. The first-order valence-corrected chi connectivity index (χ1v) is 2.79. The summed E-state index contributed by atoms with van der Waals surface area (Å²) in [7, 11) is 4.16. The van der Waals surface area contributed by atoms with Gasteiger partial charge in [0, 0.05) is 7.05 Å². The zero-order valence-electron chi connectivity index (χ0n) is 3.38. The zero-order chi connectivity index (χ0) is 4.99. The van der Waals surface area contributed by atoms with E-state index in [2.05, 4.69) is 4.74 Å². The van der Waals surface area contributed by atoms with Gasteiger partial charge >= 0.3 is 0 Å². The summed E-state index contributed by atoms with van der Waals surface area (Å²) in [5.74, 6) is 0. The molecule has 0 heterocycles. The number of hydrogen-bond acceptors (Lipinski definition) is 2. The molecule has 0 aromatic rings. The molecule has 1 atom stereocenters. The van der Waals surface area contributed by atoms with Crippen molar-refractivity contribution in [2.24, 2.45) is 4.74 Å². The van der Waals surface area contributed by atoms with E-state index in [0.29, 0.717) is 8.37 Å². The highest BCUT2D eigenvalue weighted by Gasteiger charge is 1.76. The quantitative estimate of drug-likeness (QED) is 0.486. The average molecular weight is 121 g/mol. The number of carbonyl (C=O) groups excluding carboxylic acids is 1. The lowest BCUT2D eigenvalue weighted by Crippen LogP contribution is -1.50. The van der Waals surface area contributed by atoms with Crippen molar-refractivity contribution in [1.82, 2.24) is 0 Å². The van der Waals surface area contributed by atoms with Crippen molar-refractivity contribution in [3.05, 3.63) is 0 Å². The molecule has 1 unspecified atom stereocenters. The van der Waals surface area contributed by atoms with E-state index in [1.165, 1.54) is 0 Å². The molecule has 2 nitrogen and oxygen atoms in total. The van der Waals surface area contributed by atoms with Crippen molar-refractivity contribution < 1.29 is 4.79 Å². The van der Waals surface area contributed by atoms with E-state index >= 15 is 0 Å². The van der Waals surface area contributed by atoms with Crippen LogP contribution in [0.25, 0.3) is 0 Å². The highest BCUT2D eigenvalue weighted by atomic mass is 31.1. The lowest BCUT2D eigenvalue weighted by atomic mass is 11.6. The maximum absolute atomic E-state index is 9.90. The van der Waals surface area contributed by atoms with E-state index in [1.807, 2.05) is 9.24 Å². The summed E-state index contributed by atoms with van der Waals surface area (Å²) in [6, 6.07) is 0. The fraction of sp³-hybridized carbons (Fsp3) is 0.500. The molecule has 0 spiro atoms. The Morgan fingerprint density at radius 1 is 2.00 bits per heavy atom. The van der Waals surface area contributed by atoms with Crippen molar-refractivity contribution in [1.29, 1.82) is 0 Å². The van der Waals surface area contributed by atoms with Crippen molar-refractivity contribution in [2.75, 3.05) is 7.05 Å². The largest absolute Gasteiger partial charge is 0.283 e. The van der Waals surface area contributed by atoms with Gasteiger partial charge in [-0.3, -0.25) is 9.54 Å². The second-order valence-corrected chi connectivity index (χ2v) is 2.69. The molecule has 0 radical (unpaired) electrons. The highest BCUT2D eigenvalue weighted by Crippen LogP contribution is 2.06. The van der Waals surface area contributed by atoms with E-state index in [0.717, 1.165) is 0 Å². The predicted octanol–water partition coefficient (Wildman–Crippen LogP) is 1.74. The molecule has 0 amide bonds. The second kappa shape index (κ2) is 3.39. The predicted molar refractivity (Wildman–Crippen MR) is 30.4 cm³/mol. The van der Waals surface area contributed by atoms with Gasteiger partial charge in [-0.1, -0.05) is 9.24 Å². The molecule has 0 aliphatic carbocycles. The molecule has 0 aliphatic rings. The second-order valence-electron chi connectivity index (χ2n) is 0.638. The van der Waals surface area contributed by atoms with Crippen LogP contribution < -0.4 is 0 Å². The van der Waals surface area contributed by atoms with Gasteiger partial charge in [0.25, 0.3) is 0 Å². The molecule has 0 saturated heterocycles. The molecule has 0 rings (SSSR count). The Hall–Kier alpha value is 0.200. The van der Waals surface area contributed by atoms with E-state index in [1.54, 1.807) is 7.05 Å². The third kappa shape index (κ3) is 4.20. The number of carbonyl (C=O) groups is 1. The molecule has 0 saturated carbocycles. The van der Waals surface area contributed by atoms with Gasteiger partial charge in [-0.05, 0) is 0 Å². The SMILES string of the molecule is CN=PC(=O)P. The van der Waals surface area contributed by atoms with Crippen LogP contribution in [-0.4, -0.2) is 12.3 Å². The Labute approximate surface area is 40.4 Å². The molecular formula is C2H5NOP2. The Morgan fingerprint density at radius 2 is 2.50 bits per heavy atom. The molecule has 0 bridgehead atoms. The fourth-order valence-corrected chi connectivity index (χ4v) is 0.642. The molecule has 6 heavy (non-hydrogen) atoms. The Morgan fingerprint density at radius 3 is 2.50 bits per heavy atom. The summed E-state index contributed by atoms with van der Waals surface area (Å²) >= 11 is 0. The van der Waals surface area contributed by atoms with Crippen LogP contribution in [0.2, 0.25) is 0 Å². The maximum atomic E-state index is 9.90. The Kier molecular flexibility index (Phi) is 3.51. The first-order chi connectivity index (χ1) is 2.77. The average Bonchev–Trinajstić information content (AvgIpc) is 1.35. The number of rotatable bonds is 1. The van der Waals surface area contributed by atoms with E-state index in [-0.39, 0.29) is 5.27 Å². The summed E-state index contributed by atoms with van der Waals surface area (Å²) in [6.45, 7) is 0. The molecule has 0 fully saturated rings. The molecule has 0 N–H and O–H groups in total. The molecular weight excluding hydrogens is 116 g/mol. The molecule has 0 aromatic heterocycles. The van der Waals surface area contributed by atoms with Gasteiger partial charge < -0.3 is 0 Å². The fourth-order valence-electron chi connectivity index (χ4n) is 0.0986. The molecule has 0 aliphatic heterocycles. The van der Waals surface area contributed by atoms with E-state index in [4.69, 9.17) is 0 Å². The summed E-state index contributed by atoms with van der Waals surface area (Å²) in [6.07, 6.45) is 0. The molecule has 4 heteroatoms. The third-order valence-electron chi connectivity index (χ3n) is 0.199. The normalized spacial score (nSPS) is 9.67. The topological polar surface area (TPSA) is 29.4 Å². The monoisotopic (exact) mass is 121 g/mol. The van der Waals surface area contributed by atoms with E-state index in [9.17, 15) is 4.79 Å². The van der Waals surface area contributed by atoms with Crippen molar-refractivity contribution in [2.45, 2.75) is 0 Å². The minimum atomic E-state index is 0.0116. The standard InChI is InChI=1S/C2H5NOP2/c1-3-6-2(4)5/h5H2,1H3. The van der Waals surface area contributed by atoms with Gasteiger partial charge in [0.15, 0.2) is 0 Å². The van der Waals surface area contributed by atoms with Gasteiger partial charge in [-0.25, -0.2) is 0 Å². The van der Waals surface area contributed by atoms with Gasteiger partial charge in [0.2, 0.25) is 5.27 Å². The van der Waals surface area contributed by atoms with Crippen molar-refractivity contribution in [3.8, 4) is 0 Å². The summed E-state index contributed by atoms with van der Waals surface area (Å²) in [5, 5.41) is 0.0116. The van der Waals surface area contributed by atoms with Gasteiger partial charge in [-0.15, -0.1) is 0 Å². The van der Waals surface area contributed by atoms with Crippen molar-refractivity contribution >= 4 is 22.9 Å². The van der Waals surface area contributed by atoms with Crippen LogP contribution in [0, 0.1) is 0 Å². The van der Waals surface area contributed by atoms with Crippen LogP contribution in [0.15, 0.2) is 4.74 Å². The summed E-state index contributed by atoms with van der Waals surface area (Å²) in [4.78, 5) is 9.90. The lowest BCUT2D eigenvalue weighted by molar-refractivity contribution is 0.276. The van der Waals surface area contributed by atoms with Crippen LogP contribution in [0.4, 0.5) is 4.79 Å². The van der Waals surface area contributed by atoms with Gasteiger partial charge in [0.05, 0.1) is 8.37 Å². The summed E-state index contributed by atoms with van der Waals surface area (Å²) < 4.78 is 3.54. The highest BCUT2D eigenvalue weighted by molar-refractivity contribution is 7.73. The van der Waals surface area contributed by atoms with Crippen LogP contribution in [-0.2, 0) is 0 Å². The Balaban J connectivity index is 3.30. The van der Waals surface area contributed by atoms with Crippen LogP contribution >= 0.6 is 17.6 Å².